The van der Waals surface area contributed by atoms with Crippen molar-refractivity contribution in [2.45, 2.75) is 51.7 Å². The topological polar surface area (TPSA) is 78.9 Å². The molecule has 1 heterocycles. The van der Waals surface area contributed by atoms with Crippen molar-refractivity contribution in [3.8, 4) is 0 Å². The van der Waals surface area contributed by atoms with Gasteiger partial charge in [0, 0.05) is 26.2 Å². The molecule has 1 aliphatic rings. The molecule has 19 heavy (non-hydrogen) atoms. The maximum Gasteiger partial charge on any atom is 0.279 e. The van der Waals surface area contributed by atoms with Gasteiger partial charge >= 0.3 is 0 Å². The van der Waals surface area contributed by atoms with Gasteiger partial charge in [-0.25, -0.2) is 4.72 Å². The van der Waals surface area contributed by atoms with Gasteiger partial charge in [-0.15, -0.1) is 0 Å². The molecule has 1 saturated heterocycles. The third-order valence-corrected chi connectivity index (χ3v) is 4.64. The minimum absolute atomic E-state index is 0.0649. The molecule has 1 rings (SSSR count). The molecule has 0 spiro atoms. The number of ether oxygens (including phenoxy) is 1. The molecule has 0 amide bonds. The number of nitrogens with zero attached hydrogens (tertiary/aromatic N) is 1. The van der Waals surface area contributed by atoms with E-state index in [1.807, 2.05) is 13.8 Å². The summed E-state index contributed by atoms with van der Waals surface area (Å²) in [5, 5.41) is 8.64. The number of unbranched alkanes of at least 4 members (excludes halogenated alkanes) is 3. The Morgan fingerprint density at radius 2 is 1.74 bits per heavy atom. The third-order valence-electron chi connectivity index (χ3n) is 3.10. The molecule has 0 aromatic rings. The lowest BCUT2D eigenvalue weighted by Gasteiger charge is -2.34. The first-order chi connectivity index (χ1) is 8.95. The normalized spacial score (nSPS) is 25.6. The fourth-order valence-corrected chi connectivity index (χ4v) is 3.61. The van der Waals surface area contributed by atoms with Crippen molar-refractivity contribution in [3.63, 3.8) is 0 Å². The van der Waals surface area contributed by atoms with Crippen LogP contribution in [-0.4, -0.2) is 56.3 Å². The van der Waals surface area contributed by atoms with E-state index in [1.165, 1.54) is 4.31 Å². The average molecular weight is 294 g/mol. The third kappa shape index (κ3) is 6.18. The molecule has 1 aliphatic heterocycles. The van der Waals surface area contributed by atoms with E-state index in [0.717, 1.165) is 25.7 Å². The van der Waals surface area contributed by atoms with Crippen LogP contribution in [0, 0.1) is 0 Å². The molecule has 2 atom stereocenters. The van der Waals surface area contributed by atoms with Crippen LogP contribution in [0.25, 0.3) is 0 Å². The van der Waals surface area contributed by atoms with Gasteiger partial charge in [0.15, 0.2) is 0 Å². The van der Waals surface area contributed by atoms with Crippen LogP contribution in [0.5, 0.6) is 0 Å². The molecule has 0 bridgehead atoms. The zero-order valence-corrected chi connectivity index (χ0v) is 12.7. The predicted molar refractivity (Wildman–Crippen MR) is 74.1 cm³/mol. The van der Waals surface area contributed by atoms with Crippen molar-refractivity contribution in [1.29, 1.82) is 0 Å². The lowest BCUT2D eigenvalue weighted by Crippen LogP contribution is -2.52. The van der Waals surface area contributed by atoms with Crippen molar-refractivity contribution in [2.75, 3.05) is 26.2 Å². The highest BCUT2D eigenvalue weighted by Gasteiger charge is 2.30. The second-order valence-corrected chi connectivity index (χ2v) is 6.87. The molecule has 0 saturated carbocycles. The van der Waals surface area contributed by atoms with Crippen LogP contribution in [0.15, 0.2) is 0 Å². The van der Waals surface area contributed by atoms with E-state index in [9.17, 15) is 8.42 Å². The van der Waals surface area contributed by atoms with Gasteiger partial charge in [-0.3, -0.25) is 0 Å². The fourth-order valence-electron chi connectivity index (χ4n) is 2.21. The van der Waals surface area contributed by atoms with Crippen molar-refractivity contribution in [2.24, 2.45) is 0 Å². The largest absolute Gasteiger partial charge is 0.396 e. The van der Waals surface area contributed by atoms with Gasteiger partial charge in [0.25, 0.3) is 10.2 Å². The van der Waals surface area contributed by atoms with Gasteiger partial charge in [0.05, 0.1) is 12.2 Å². The van der Waals surface area contributed by atoms with Crippen LogP contribution < -0.4 is 4.72 Å². The Morgan fingerprint density at radius 1 is 1.16 bits per heavy atom. The standard InChI is InChI=1S/C12H26N2O4S/c1-11-9-14(10-12(2)18-11)19(16,17)13-7-5-3-4-6-8-15/h11-13,15H,3-10H2,1-2H3. The summed E-state index contributed by atoms with van der Waals surface area (Å²) < 4.78 is 33.8. The van der Waals surface area contributed by atoms with E-state index in [-0.39, 0.29) is 18.8 Å². The van der Waals surface area contributed by atoms with Gasteiger partial charge < -0.3 is 9.84 Å². The zero-order valence-electron chi connectivity index (χ0n) is 11.8. The van der Waals surface area contributed by atoms with Crippen LogP contribution >= 0.6 is 0 Å². The lowest BCUT2D eigenvalue weighted by molar-refractivity contribution is -0.0443. The molecule has 1 fully saturated rings. The van der Waals surface area contributed by atoms with Gasteiger partial charge in [0.1, 0.15) is 0 Å². The number of hydrogen-bond acceptors (Lipinski definition) is 4. The van der Waals surface area contributed by atoms with Crippen LogP contribution in [-0.2, 0) is 14.9 Å². The Morgan fingerprint density at radius 3 is 2.32 bits per heavy atom. The molecule has 2 unspecified atom stereocenters. The molecule has 114 valence electrons. The molecular weight excluding hydrogens is 268 g/mol. The number of aliphatic hydroxyl groups is 1. The molecule has 0 aromatic carbocycles. The minimum atomic E-state index is -3.39. The summed E-state index contributed by atoms with van der Waals surface area (Å²) in [5.74, 6) is 0. The van der Waals surface area contributed by atoms with Crippen molar-refractivity contribution in [3.05, 3.63) is 0 Å². The first-order valence-corrected chi connectivity index (χ1v) is 8.40. The van der Waals surface area contributed by atoms with E-state index < -0.39 is 10.2 Å². The highest BCUT2D eigenvalue weighted by molar-refractivity contribution is 7.87. The second-order valence-electron chi connectivity index (χ2n) is 5.11. The monoisotopic (exact) mass is 294 g/mol. The van der Waals surface area contributed by atoms with Crippen LogP contribution in [0.4, 0.5) is 0 Å². The van der Waals surface area contributed by atoms with Crippen LogP contribution in [0.1, 0.15) is 39.5 Å². The van der Waals surface area contributed by atoms with Crippen molar-refractivity contribution < 1.29 is 18.3 Å². The van der Waals surface area contributed by atoms with Crippen LogP contribution in [0.3, 0.4) is 0 Å². The van der Waals surface area contributed by atoms with E-state index in [0.29, 0.717) is 19.6 Å². The molecule has 0 radical (unpaired) electrons. The predicted octanol–water partition coefficient (Wildman–Crippen LogP) is 0.483. The SMILES string of the molecule is CC1CN(S(=O)(=O)NCCCCCCO)CC(C)O1. The lowest BCUT2D eigenvalue weighted by atomic mass is 10.2. The number of hydrogen-bond donors (Lipinski definition) is 2. The molecular formula is C12H26N2O4S. The van der Waals surface area contributed by atoms with E-state index >= 15 is 0 Å². The summed E-state index contributed by atoms with van der Waals surface area (Å²) in [6.07, 6.45) is 3.32. The van der Waals surface area contributed by atoms with Gasteiger partial charge in [-0.2, -0.15) is 12.7 Å². The molecule has 7 heteroatoms. The Bertz CT molecular complexity index is 338. The Kier molecular flexibility index (Phi) is 7.23. The summed E-state index contributed by atoms with van der Waals surface area (Å²) >= 11 is 0. The first kappa shape index (κ1) is 16.8. The molecule has 6 nitrogen and oxygen atoms in total. The fraction of sp³-hybridized carbons (Fsp3) is 1.00. The maximum absolute atomic E-state index is 12.1. The summed E-state index contributed by atoms with van der Waals surface area (Å²) in [4.78, 5) is 0. The van der Waals surface area contributed by atoms with Gasteiger partial charge in [0.2, 0.25) is 0 Å². The Balaban J connectivity index is 2.30. The summed E-state index contributed by atoms with van der Waals surface area (Å²) in [6.45, 7) is 5.23. The first-order valence-electron chi connectivity index (χ1n) is 6.96. The zero-order chi connectivity index (χ0) is 14.3. The molecule has 0 aromatic heterocycles. The van der Waals surface area contributed by atoms with E-state index in [4.69, 9.17) is 9.84 Å². The highest BCUT2D eigenvalue weighted by Crippen LogP contribution is 2.13. The van der Waals surface area contributed by atoms with Crippen molar-refractivity contribution >= 4 is 10.2 Å². The maximum atomic E-state index is 12.1. The highest BCUT2D eigenvalue weighted by atomic mass is 32.2. The number of rotatable bonds is 8. The molecule has 2 N–H and O–H groups in total. The van der Waals surface area contributed by atoms with Gasteiger partial charge in [-0.05, 0) is 26.7 Å². The van der Waals surface area contributed by atoms with Crippen molar-refractivity contribution in [1.82, 2.24) is 9.03 Å². The van der Waals surface area contributed by atoms with E-state index in [1.54, 1.807) is 0 Å². The van der Waals surface area contributed by atoms with E-state index in [2.05, 4.69) is 4.72 Å². The summed E-state index contributed by atoms with van der Waals surface area (Å²) in [5.41, 5.74) is 0. The quantitative estimate of drug-likeness (QED) is 0.638. The summed E-state index contributed by atoms with van der Waals surface area (Å²) in [6, 6.07) is 0. The number of morpholine rings is 1. The second kappa shape index (κ2) is 8.16. The summed E-state index contributed by atoms with van der Waals surface area (Å²) in [7, 11) is -3.39. The Labute approximate surface area is 116 Å². The van der Waals surface area contributed by atoms with Crippen LogP contribution in [0.2, 0.25) is 0 Å². The minimum Gasteiger partial charge on any atom is -0.396 e. The number of nitrogens with one attached hydrogen (secondary N) is 1. The smallest absolute Gasteiger partial charge is 0.279 e. The average Bonchev–Trinajstić information content (AvgIpc) is 2.32. The molecule has 0 aliphatic carbocycles. The van der Waals surface area contributed by atoms with Gasteiger partial charge in [-0.1, -0.05) is 12.8 Å². The number of aliphatic hydroxyl groups excluding tert-OH is 1. The Hall–Kier alpha value is -0.210.